The van der Waals surface area contributed by atoms with E-state index in [2.05, 4.69) is 23.8 Å². The number of nitrogens with zero attached hydrogens (tertiary/aromatic N) is 2. The molecule has 0 aliphatic carbocycles. The van der Waals surface area contributed by atoms with E-state index < -0.39 is 11.5 Å². The maximum Gasteiger partial charge on any atom is 0.354 e. The van der Waals surface area contributed by atoms with E-state index in [-0.39, 0.29) is 23.1 Å². The van der Waals surface area contributed by atoms with Gasteiger partial charge in [-0.3, -0.25) is 9.98 Å². The van der Waals surface area contributed by atoms with Gasteiger partial charge >= 0.3 is 5.69 Å². The molecule has 7 nitrogen and oxygen atoms in total. The third kappa shape index (κ3) is 6.29. The lowest BCUT2D eigenvalue weighted by Crippen LogP contribution is -2.20. The second kappa shape index (κ2) is 11.9. The van der Waals surface area contributed by atoms with E-state index >= 15 is 4.39 Å². The molecule has 0 amide bonds. The number of aryl methyl sites for hydroxylation is 1. The molecule has 4 N–H and O–H groups in total. The van der Waals surface area contributed by atoms with E-state index in [4.69, 9.17) is 27.5 Å². The fourth-order valence-corrected chi connectivity index (χ4v) is 5.60. The van der Waals surface area contributed by atoms with E-state index in [1.807, 2.05) is 30.3 Å². The number of ether oxygens (including phenoxy) is 1. The molecule has 0 bridgehead atoms. The molecule has 1 aliphatic heterocycles. The molecule has 2 atom stereocenters. The van der Waals surface area contributed by atoms with Crippen molar-refractivity contribution >= 4 is 28.5 Å². The maximum absolute atomic E-state index is 15.1. The van der Waals surface area contributed by atoms with Crippen LogP contribution in [0.2, 0.25) is 5.02 Å². The van der Waals surface area contributed by atoms with Crippen LogP contribution in [0.3, 0.4) is 0 Å². The van der Waals surface area contributed by atoms with Crippen LogP contribution in [0.4, 0.5) is 4.39 Å². The first-order valence-corrected chi connectivity index (χ1v) is 14.2. The minimum Gasteiger partial charge on any atom is -0.388 e. The van der Waals surface area contributed by atoms with Gasteiger partial charge in [0.15, 0.2) is 5.82 Å². The molecule has 2 aromatic carbocycles. The van der Waals surface area contributed by atoms with Gasteiger partial charge in [-0.1, -0.05) is 44.0 Å². The predicted molar refractivity (Wildman–Crippen MR) is 158 cm³/mol. The van der Waals surface area contributed by atoms with Crippen LogP contribution in [-0.4, -0.2) is 26.5 Å². The van der Waals surface area contributed by atoms with Crippen molar-refractivity contribution in [2.75, 3.05) is 0 Å². The van der Waals surface area contributed by atoms with Gasteiger partial charge in [-0.25, -0.2) is 9.18 Å². The second-order valence-corrected chi connectivity index (χ2v) is 11.5. The molecule has 0 radical (unpaired) electrons. The van der Waals surface area contributed by atoms with Crippen molar-refractivity contribution in [3.63, 3.8) is 0 Å². The van der Waals surface area contributed by atoms with Gasteiger partial charge < -0.3 is 15.5 Å². The Morgan fingerprint density at radius 2 is 2.02 bits per heavy atom. The highest BCUT2D eigenvalue weighted by Gasteiger charge is 2.26. The summed E-state index contributed by atoms with van der Waals surface area (Å²) in [5.74, 6) is 0.289. The van der Waals surface area contributed by atoms with E-state index in [9.17, 15) is 4.79 Å². The van der Waals surface area contributed by atoms with Gasteiger partial charge in [-0.05, 0) is 79.5 Å². The van der Waals surface area contributed by atoms with Crippen molar-refractivity contribution in [3.8, 4) is 16.9 Å². The molecule has 1 fully saturated rings. The van der Waals surface area contributed by atoms with Crippen LogP contribution in [0.1, 0.15) is 69.6 Å². The molecule has 210 valence electrons. The molecule has 1 aliphatic rings. The maximum atomic E-state index is 15.1. The zero-order valence-electron chi connectivity index (χ0n) is 22.8. The minimum absolute atomic E-state index is 0.0153. The lowest BCUT2D eigenvalue weighted by molar-refractivity contribution is 0.0411. The standard InChI is InChI=1S/C31H35ClFN5O2/c1-18(2)4-3-5-19-14-24(29(33)25(32)15-19)26-16-21-17-38(31(39)37-30(21)36-26)22-8-6-20(7-9-22)27-12-10-23(40-27)11-13-28(34)35/h6-9,14-18,23,27H,3-5,10-13H2,1-2H3,(H3,34,35)(H,36,37,39)/t23-,27+/m1/s1. The van der Waals surface area contributed by atoms with Gasteiger partial charge in [0.05, 0.1) is 34.4 Å². The Labute approximate surface area is 238 Å². The Balaban J connectivity index is 1.37. The largest absolute Gasteiger partial charge is 0.388 e. The Bertz CT molecular complexity index is 1580. The van der Waals surface area contributed by atoms with Crippen molar-refractivity contribution in [2.24, 2.45) is 11.7 Å². The highest BCUT2D eigenvalue weighted by atomic mass is 35.5. The molecule has 40 heavy (non-hydrogen) atoms. The summed E-state index contributed by atoms with van der Waals surface area (Å²) in [4.78, 5) is 20.3. The highest BCUT2D eigenvalue weighted by molar-refractivity contribution is 6.31. The van der Waals surface area contributed by atoms with E-state index in [0.717, 1.165) is 49.7 Å². The van der Waals surface area contributed by atoms with Crippen molar-refractivity contribution < 1.29 is 9.13 Å². The number of hydrogen-bond acceptors (Lipinski definition) is 4. The number of hydrogen-bond donors (Lipinski definition) is 3. The smallest absolute Gasteiger partial charge is 0.354 e. The number of aromatic amines is 1. The first kappa shape index (κ1) is 28.1. The summed E-state index contributed by atoms with van der Waals surface area (Å²) in [6, 6.07) is 13.0. The van der Waals surface area contributed by atoms with Crippen LogP contribution in [0, 0.1) is 17.1 Å². The molecular formula is C31H35ClFN5O2. The number of benzene rings is 2. The monoisotopic (exact) mass is 563 g/mol. The molecule has 3 heterocycles. The summed E-state index contributed by atoms with van der Waals surface area (Å²) in [7, 11) is 0. The lowest BCUT2D eigenvalue weighted by atomic mass is 10.00. The summed E-state index contributed by atoms with van der Waals surface area (Å²) in [5.41, 5.74) is 9.03. The predicted octanol–water partition coefficient (Wildman–Crippen LogP) is 7.09. The van der Waals surface area contributed by atoms with Crippen LogP contribution in [-0.2, 0) is 11.2 Å². The number of nitrogens with one attached hydrogen (secondary N) is 2. The average Bonchev–Trinajstić information content (AvgIpc) is 3.56. The highest BCUT2D eigenvalue weighted by Crippen LogP contribution is 2.35. The fourth-order valence-electron chi connectivity index (χ4n) is 5.35. The Kier molecular flexibility index (Phi) is 8.38. The van der Waals surface area contributed by atoms with Gasteiger partial charge in [0, 0.05) is 23.6 Å². The summed E-state index contributed by atoms with van der Waals surface area (Å²) >= 11 is 6.25. The van der Waals surface area contributed by atoms with Crippen LogP contribution >= 0.6 is 11.6 Å². The zero-order valence-corrected chi connectivity index (χ0v) is 23.6. The first-order valence-electron chi connectivity index (χ1n) is 13.9. The third-order valence-electron chi connectivity index (χ3n) is 7.52. The van der Waals surface area contributed by atoms with Crippen molar-refractivity contribution in [2.45, 2.75) is 71.0 Å². The molecule has 5 rings (SSSR count). The Hall–Kier alpha value is -3.49. The Morgan fingerprint density at radius 1 is 1.25 bits per heavy atom. The van der Waals surface area contributed by atoms with E-state index in [1.54, 1.807) is 18.3 Å². The normalized spacial score (nSPS) is 17.2. The third-order valence-corrected chi connectivity index (χ3v) is 7.79. The molecule has 0 spiro atoms. The van der Waals surface area contributed by atoms with Crippen LogP contribution in [0.5, 0.6) is 0 Å². The van der Waals surface area contributed by atoms with Crippen molar-refractivity contribution in [1.82, 2.24) is 14.5 Å². The Morgan fingerprint density at radius 3 is 2.75 bits per heavy atom. The fraction of sp³-hybridized carbons (Fsp3) is 0.387. The van der Waals surface area contributed by atoms with E-state index in [0.29, 0.717) is 40.3 Å². The number of halogens is 2. The van der Waals surface area contributed by atoms with E-state index in [1.165, 1.54) is 4.57 Å². The number of rotatable bonds is 10. The summed E-state index contributed by atoms with van der Waals surface area (Å²) < 4.78 is 22.7. The summed E-state index contributed by atoms with van der Waals surface area (Å²) in [6.07, 6.45) is 7.83. The topological polar surface area (TPSA) is 110 Å². The summed E-state index contributed by atoms with van der Waals surface area (Å²) in [6.45, 7) is 4.37. The van der Waals surface area contributed by atoms with Gasteiger partial charge in [-0.15, -0.1) is 0 Å². The molecule has 2 aromatic heterocycles. The molecular weight excluding hydrogens is 529 g/mol. The molecule has 1 saturated heterocycles. The van der Waals surface area contributed by atoms with Crippen LogP contribution in [0.15, 0.2) is 53.5 Å². The van der Waals surface area contributed by atoms with Gasteiger partial charge in [0.2, 0.25) is 0 Å². The quantitative estimate of drug-likeness (QED) is 0.141. The molecule has 9 heteroatoms. The van der Waals surface area contributed by atoms with Gasteiger partial charge in [-0.2, -0.15) is 4.98 Å². The minimum atomic E-state index is -0.496. The zero-order chi connectivity index (χ0) is 28.4. The number of amidine groups is 1. The average molecular weight is 564 g/mol. The van der Waals surface area contributed by atoms with Crippen LogP contribution in [0.25, 0.3) is 28.0 Å². The van der Waals surface area contributed by atoms with Gasteiger partial charge in [0.1, 0.15) is 5.65 Å². The molecule has 4 aromatic rings. The molecule has 0 unspecified atom stereocenters. The lowest BCUT2D eigenvalue weighted by Gasteiger charge is -2.14. The van der Waals surface area contributed by atoms with Crippen LogP contribution < -0.4 is 11.4 Å². The van der Waals surface area contributed by atoms with Crippen molar-refractivity contribution in [1.29, 1.82) is 5.41 Å². The number of nitrogens with two attached hydrogens (primary N) is 1. The van der Waals surface area contributed by atoms with Gasteiger partial charge in [0.25, 0.3) is 0 Å². The molecule has 0 saturated carbocycles. The number of H-pyrrole nitrogens is 1. The number of fused-ring (bicyclic) bond motifs is 1. The number of aromatic nitrogens is 3. The first-order chi connectivity index (χ1) is 19.2. The second-order valence-electron chi connectivity index (χ2n) is 11.1. The SMILES string of the molecule is CC(C)CCCc1cc(Cl)c(F)c(-c2cc3cn(-c4ccc([C@@H]5CC[C@H](CCC(=N)N)O5)cc4)c(=O)nc3[nH]2)c1. The summed E-state index contributed by atoms with van der Waals surface area (Å²) in [5, 5.41) is 8.19. The van der Waals surface area contributed by atoms with Crippen molar-refractivity contribution in [3.05, 3.63) is 81.1 Å².